The molecular formula is C17H25N3O2S. The third kappa shape index (κ3) is 3.44. The summed E-state index contributed by atoms with van der Waals surface area (Å²) in [5, 5.41) is 6.39. The highest BCUT2D eigenvalue weighted by Gasteiger charge is 2.50. The second-order valence-electron chi connectivity index (χ2n) is 7.31. The molecule has 2 saturated heterocycles. The fourth-order valence-electron chi connectivity index (χ4n) is 4.05. The largest absolute Gasteiger partial charge is 0.381 e. The van der Waals surface area contributed by atoms with Crippen LogP contribution in [-0.4, -0.2) is 48.6 Å². The number of carbonyl (C=O) groups is 1. The molecule has 0 aromatic carbocycles. The molecule has 1 aliphatic carbocycles. The average Bonchev–Trinajstić information content (AvgIpc) is 3.14. The Morgan fingerprint density at radius 1 is 1.43 bits per heavy atom. The van der Waals surface area contributed by atoms with E-state index in [-0.39, 0.29) is 17.2 Å². The molecule has 1 atom stereocenters. The van der Waals surface area contributed by atoms with Gasteiger partial charge >= 0.3 is 0 Å². The molecule has 1 amide bonds. The van der Waals surface area contributed by atoms with Crippen LogP contribution in [0.25, 0.3) is 0 Å². The number of nitrogens with one attached hydrogen (secondary N) is 1. The molecule has 1 saturated carbocycles. The van der Waals surface area contributed by atoms with Crippen LogP contribution in [0.2, 0.25) is 0 Å². The SMILES string of the molecule is O=C(NCC1CC1)C1CN(Cc2nccs2)CC12CCOCC2. The lowest BCUT2D eigenvalue weighted by molar-refractivity contribution is -0.129. The van der Waals surface area contributed by atoms with Crippen LogP contribution in [0.15, 0.2) is 11.6 Å². The van der Waals surface area contributed by atoms with Crippen LogP contribution >= 0.6 is 11.3 Å². The summed E-state index contributed by atoms with van der Waals surface area (Å²) in [6.45, 7) is 5.17. The van der Waals surface area contributed by atoms with Gasteiger partial charge in [0, 0.05) is 49.8 Å². The van der Waals surface area contributed by atoms with Crippen molar-refractivity contribution in [2.75, 3.05) is 32.8 Å². The fraction of sp³-hybridized carbons (Fsp3) is 0.765. The van der Waals surface area contributed by atoms with E-state index in [1.54, 1.807) is 11.3 Å². The van der Waals surface area contributed by atoms with E-state index in [1.807, 2.05) is 11.6 Å². The van der Waals surface area contributed by atoms with Crippen LogP contribution < -0.4 is 5.32 Å². The molecule has 1 N–H and O–H groups in total. The summed E-state index contributed by atoms with van der Waals surface area (Å²) in [5.41, 5.74) is 0.100. The van der Waals surface area contributed by atoms with Crippen LogP contribution in [0.1, 0.15) is 30.7 Å². The second-order valence-corrected chi connectivity index (χ2v) is 8.29. The maximum absolute atomic E-state index is 12.8. The minimum Gasteiger partial charge on any atom is -0.381 e. The van der Waals surface area contributed by atoms with Gasteiger partial charge in [-0.15, -0.1) is 11.3 Å². The van der Waals surface area contributed by atoms with Gasteiger partial charge in [0.2, 0.25) is 5.91 Å². The van der Waals surface area contributed by atoms with Crippen molar-refractivity contribution in [1.29, 1.82) is 0 Å². The molecule has 6 heteroatoms. The van der Waals surface area contributed by atoms with Crippen molar-refractivity contribution in [2.24, 2.45) is 17.3 Å². The molecule has 1 aromatic heterocycles. The fourth-order valence-corrected chi connectivity index (χ4v) is 4.71. The Bertz CT molecular complexity index is 538. The topological polar surface area (TPSA) is 54.5 Å². The van der Waals surface area contributed by atoms with E-state index in [4.69, 9.17) is 4.74 Å². The molecule has 3 heterocycles. The van der Waals surface area contributed by atoms with Gasteiger partial charge in [-0.05, 0) is 31.6 Å². The lowest BCUT2D eigenvalue weighted by atomic mass is 9.71. The van der Waals surface area contributed by atoms with Crippen molar-refractivity contribution in [3.63, 3.8) is 0 Å². The molecule has 0 radical (unpaired) electrons. The Morgan fingerprint density at radius 2 is 2.26 bits per heavy atom. The summed E-state index contributed by atoms with van der Waals surface area (Å²) >= 11 is 1.70. The number of thiazole rings is 1. The van der Waals surface area contributed by atoms with E-state index >= 15 is 0 Å². The van der Waals surface area contributed by atoms with Crippen LogP contribution in [0.4, 0.5) is 0 Å². The number of nitrogens with zero attached hydrogens (tertiary/aromatic N) is 2. The Kier molecular flexibility index (Phi) is 4.39. The molecule has 1 unspecified atom stereocenters. The molecular weight excluding hydrogens is 310 g/mol. The second kappa shape index (κ2) is 6.49. The number of carbonyl (C=O) groups excluding carboxylic acids is 1. The Balaban J connectivity index is 1.45. The van der Waals surface area contributed by atoms with Crippen LogP contribution in [0.3, 0.4) is 0 Å². The molecule has 3 fully saturated rings. The first-order valence-corrected chi connectivity index (χ1v) is 9.59. The van der Waals surface area contributed by atoms with Crippen molar-refractivity contribution in [3.05, 3.63) is 16.6 Å². The molecule has 126 valence electrons. The van der Waals surface area contributed by atoms with E-state index in [1.165, 1.54) is 12.8 Å². The quantitative estimate of drug-likeness (QED) is 0.893. The summed E-state index contributed by atoms with van der Waals surface area (Å²) < 4.78 is 5.57. The van der Waals surface area contributed by atoms with E-state index in [0.29, 0.717) is 0 Å². The molecule has 5 nitrogen and oxygen atoms in total. The summed E-state index contributed by atoms with van der Waals surface area (Å²) in [6.07, 6.45) is 6.42. The first-order valence-electron chi connectivity index (χ1n) is 8.71. The Hall–Kier alpha value is -0.980. The van der Waals surface area contributed by atoms with Crippen molar-refractivity contribution in [3.8, 4) is 0 Å². The Labute approximate surface area is 141 Å². The Morgan fingerprint density at radius 3 is 2.96 bits per heavy atom. The van der Waals surface area contributed by atoms with Crippen LogP contribution in [-0.2, 0) is 16.1 Å². The summed E-state index contributed by atoms with van der Waals surface area (Å²) in [4.78, 5) is 19.6. The van der Waals surface area contributed by atoms with Gasteiger partial charge in [0.05, 0.1) is 12.5 Å². The number of aromatic nitrogens is 1. The molecule has 0 bridgehead atoms. The standard InChI is InChI=1S/C17H25N3O2S/c21-16(19-9-13-1-2-13)14-10-20(11-15-18-5-8-23-15)12-17(14)3-6-22-7-4-17/h5,8,13-14H,1-4,6-7,9-12H2,(H,19,21). The maximum Gasteiger partial charge on any atom is 0.225 e. The summed E-state index contributed by atoms with van der Waals surface area (Å²) in [5.74, 6) is 1.10. The number of likely N-dealkylation sites (tertiary alicyclic amines) is 1. The van der Waals surface area contributed by atoms with Crippen LogP contribution in [0, 0.1) is 17.3 Å². The molecule has 2 aliphatic heterocycles. The van der Waals surface area contributed by atoms with Gasteiger partial charge in [0.15, 0.2) is 0 Å². The van der Waals surface area contributed by atoms with Gasteiger partial charge in [0.25, 0.3) is 0 Å². The zero-order chi connectivity index (χ0) is 15.7. The van der Waals surface area contributed by atoms with Gasteiger partial charge in [-0.3, -0.25) is 9.69 Å². The van der Waals surface area contributed by atoms with Crippen molar-refractivity contribution >= 4 is 17.2 Å². The van der Waals surface area contributed by atoms with Crippen molar-refractivity contribution < 1.29 is 9.53 Å². The molecule has 1 spiro atoms. The number of rotatable bonds is 5. The molecule has 23 heavy (non-hydrogen) atoms. The smallest absolute Gasteiger partial charge is 0.225 e. The summed E-state index contributed by atoms with van der Waals surface area (Å²) in [6, 6.07) is 0. The number of amides is 1. The molecule has 4 rings (SSSR count). The minimum absolute atomic E-state index is 0.100. The van der Waals surface area contributed by atoms with Crippen molar-refractivity contribution in [1.82, 2.24) is 15.2 Å². The van der Waals surface area contributed by atoms with E-state index in [9.17, 15) is 4.79 Å². The number of ether oxygens (including phenoxy) is 1. The van der Waals surface area contributed by atoms with Gasteiger partial charge in [-0.25, -0.2) is 4.98 Å². The number of hydrogen-bond donors (Lipinski definition) is 1. The molecule has 3 aliphatic rings. The normalized spacial score (nSPS) is 27.4. The van der Waals surface area contributed by atoms with E-state index < -0.39 is 0 Å². The third-order valence-corrected chi connectivity index (χ3v) is 6.39. The lowest BCUT2D eigenvalue weighted by Crippen LogP contribution is -2.44. The lowest BCUT2D eigenvalue weighted by Gasteiger charge is -2.37. The number of hydrogen-bond acceptors (Lipinski definition) is 5. The zero-order valence-electron chi connectivity index (χ0n) is 13.5. The van der Waals surface area contributed by atoms with Gasteiger partial charge < -0.3 is 10.1 Å². The first kappa shape index (κ1) is 15.5. The van der Waals surface area contributed by atoms with E-state index in [0.717, 1.165) is 63.2 Å². The third-order valence-electron chi connectivity index (χ3n) is 5.63. The van der Waals surface area contributed by atoms with Gasteiger partial charge in [-0.1, -0.05) is 0 Å². The highest BCUT2D eigenvalue weighted by atomic mass is 32.1. The zero-order valence-corrected chi connectivity index (χ0v) is 14.3. The predicted octanol–water partition coefficient (Wildman–Crippen LogP) is 1.90. The average molecular weight is 335 g/mol. The summed E-state index contributed by atoms with van der Waals surface area (Å²) in [7, 11) is 0. The van der Waals surface area contributed by atoms with Crippen LogP contribution in [0.5, 0.6) is 0 Å². The highest BCUT2D eigenvalue weighted by Crippen LogP contribution is 2.45. The monoisotopic (exact) mass is 335 g/mol. The van der Waals surface area contributed by atoms with Gasteiger partial charge in [0.1, 0.15) is 5.01 Å². The predicted molar refractivity (Wildman–Crippen MR) is 89.1 cm³/mol. The first-order chi connectivity index (χ1) is 11.3. The highest BCUT2D eigenvalue weighted by molar-refractivity contribution is 7.09. The van der Waals surface area contributed by atoms with E-state index in [2.05, 4.69) is 15.2 Å². The molecule has 1 aromatic rings. The maximum atomic E-state index is 12.8. The van der Waals surface area contributed by atoms with Gasteiger partial charge in [-0.2, -0.15) is 0 Å². The van der Waals surface area contributed by atoms with Crippen molar-refractivity contribution in [2.45, 2.75) is 32.2 Å². The minimum atomic E-state index is 0.100.